The quantitative estimate of drug-likeness (QED) is 0.812. The molecule has 0 aromatic carbocycles. The van der Waals surface area contributed by atoms with Gasteiger partial charge in [0.2, 0.25) is 0 Å². The van der Waals surface area contributed by atoms with Crippen molar-refractivity contribution in [1.82, 2.24) is 5.32 Å². The molecule has 0 bridgehead atoms. The average molecular weight is 253 g/mol. The molecule has 5 heteroatoms. The lowest BCUT2D eigenvalue weighted by Crippen LogP contribution is -2.47. The van der Waals surface area contributed by atoms with E-state index in [1.807, 2.05) is 0 Å². The Morgan fingerprint density at radius 1 is 1.29 bits per heavy atom. The van der Waals surface area contributed by atoms with Gasteiger partial charge in [0, 0.05) is 19.2 Å². The minimum absolute atomic E-state index is 0.0116. The molecular formula is C12H22F3NO. The molecule has 1 unspecified atom stereocenters. The van der Waals surface area contributed by atoms with Crippen LogP contribution in [0.5, 0.6) is 0 Å². The van der Waals surface area contributed by atoms with Crippen LogP contribution in [0.3, 0.4) is 0 Å². The van der Waals surface area contributed by atoms with Crippen LogP contribution < -0.4 is 5.32 Å². The summed E-state index contributed by atoms with van der Waals surface area (Å²) in [5.74, 6) is 0. The summed E-state index contributed by atoms with van der Waals surface area (Å²) in [6.07, 6.45) is -1.36. The van der Waals surface area contributed by atoms with Crippen molar-refractivity contribution in [2.45, 2.75) is 63.8 Å². The van der Waals surface area contributed by atoms with Gasteiger partial charge in [-0.05, 0) is 25.7 Å². The van der Waals surface area contributed by atoms with Crippen LogP contribution in [-0.2, 0) is 4.74 Å². The molecule has 1 N–H and O–H groups in total. The summed E-state index contributed by atoms with van der Waals surface area (Å²) in [4.78, 5) is 0. The summed E-state index contributed by atoms with van der Waals surface area (Å²) in [6, 6.07) is 0.158. The SMILES string of the molecule is CCC1(CC)CC(NCCC(F)(F)F)CCO1. The van der Waals surface area contributed by atoms with Crippen molar-refractivity contribution in [1.29, 1.82) is 0 Å². The van der Waals surface area contributed by atoms with Crippen LogP contribution >= 0.6 is 0 Å². The van der Waals surface area contributed by atoms with E-state index in [0.29, 0.717) is 6.61 Å². The lowest BCUT2D eigenvalue weighted by atomic mass is 9.86. The lowest BCUT2D eigenvalue weighted by molar-refractivity contribution is -0.135. The molecule has 0 aromatic rings. The smallest absolute Gasteiger partial charge is 0.375 e. The molecule has 0 amide bonds. The van der Waals surface area contributed by atoms with Crippen LogP contribution in [0.25, 0.3) is 0 Å². The minimum atomic E-state index is -4.06. The van der Waals surface area contributed by atoms with Gasteiger partial charge in [0.25, 0.3) is 0 Å². The van der Waals surface area contributed by atoms with E-state index in [-0.39, 0.29) is 18.2 Å². The molecule has 0 spiro atoms. The fourth-order valence-corrected chi connectivity index (χ4v) is 2.36. The third-order valence-corrected chi connectivity index (χ3v) is 3.62. The maximum atomic E-state index is 12.0. The molecule has 17 heavy (non-hydrogen) atoms. The molecule has 102 valence electrons. The van der Waals surface area contributed by atoms with Crippen molar-refractivity contribution in [2.75, 3.05) is 13.2 Å². The average Bonchev–Trinajstić information content (AvgIpc) is 2.27. The van der Waals surface area contributed by atoms with Crippen molar-refractivity contribution < 1.29 is 17.9 Å². The van der Waals surface area contributed by atoms with Crippen molar-refractivity contribution in [3.8, 4) is 0 Å². The zero-order chi connectivity index (χ0) is 12.9. The number of hydrogen-bond acceptors (Lipinski definition) is 2. The van der Waals surface area contributed by atoms with Gasteiger partial charge in [-0.1, -0.05) is 13.8 Å². The third-order valence-electron chi connectivity index (χ3n) is 3.62. The van der Waals surface area contributed by atoms with Gasteiger partial charge in [-0.2, -0.15) is 13.2 Å². The third kappa shape index (κ3) is 4.84. The second-order valence-electron chi connectivity index (χ2n) is 4.75. The fraction of sp³-hybridized carbons (Fsp3) is 1.00. The van der Waals surface area contributed by atoms with E-state index >= 15 is 0 Å². The Labute approximate surface area is 101 Å². The molecular weight excluding hydrogens is 231 g/mol. The van der Waals surface area contributed by atoms with Gasteiger partial charge in [0.1, 0.15) is 0 Å². The van der Waals surface area contributed by atoms with Crippen molar-refractivity contribution in [3.05, 3.63) is 0 Å². The second-order valence-corrected chi connectivity index (χ2v) is 4.75. The summed E-state index contributed by atoms with van der Waals surface area (Å²) in [7, 11) is 0. The van der Waals surface area contributed by atoms with Crippen LogP contribution in [0.15, 0.2) is 0 Å². The molecule has 1 fully saturated rings. The van der Waals surface area contributed by atoms with Gasteiger partial charge in [-0.15, -0.1) is 0 Å². The summed E-state index contributed by atoms with van der Waals surface area (Å²) in [5.41, 5.74) is -0.131. The van der Waals surface area contributed by atoms with E-state index in [1.165, 1.54) is 0 Å². The standard InChI is InChI=1S/C12H22F3NO/c1-3-11(4-2)9-10(5-8-17-11)16-7-6-12(13,14)15/h10,16H,3-9H2,1-2H3. The van der Waals surface area contributed by atoms with Gasteiger partial charge < -0.3 is 10.1 Å². The van der Waals surface area contributed by atoms with Crippen molar-refractivity contribution in [2.24, 2.45) is 0 Å². The Kier molecular flexibility index (Phi) is 5.25. The summed E-state index contributed by atoms with van der Waals surface area (Å²) in [5, 5.41) is 3.00. The largest absolute Gasteiger partial charge is 0.390 e. The van der Waals surface area contributed by atoms with Gasteiger partial charge in [0.05, 0.1) is 12.0 Å². The molecule has 0 aliphatic carbocycles. The first-order valence-corrected chi connectivity index (χ1v) is 6.35. The Hall–Kier alpha value is -0.290. The number of halogens is 3. The Balaban J connectivity index is 2.35. The highest BCUT2D eigenvalue weighted by Crippen LogP contribution is 2.31. The van der Waals surface area contributed by atoms with Crippen LogP contribution in [0.1, 0.15) is 46.0 Å². The maximum absolute atomic E-state index is 12.0. The molecule has 1 rings (SSSR count). The highest BCUT2D eigenvalue weighted by molar-refractivity contribution is 4.88. The first-order chi connectivity index (χ1) is 7.91. The van der Waals surface area contributed by atoms with Gasteiger partial charge in [-0.3, -0.25) is 0 Å². The maximum Gasteiger partial charge on any atom is 0.390 e. The molecule has 2 nitrogen and oxygen atoms in total. The van der Waals surface area contributed by atoms with Gasteiger partial charge >= 0.3 is 6.18 Å². The Bertz CT molecular complexity index is 226. The highest BCUT2D eigenvalue weighted by Gasteiger charge is 2.34. The molecule has 0 aromatic heterocycles. The van der Waals surface area contributed by atoms with E-state index in [4.69, 9.17) is 4.74 Å². The molecule has 1 aliphatic heterocycles. The van der Waals surface area contributed by atoms with Crippen molar-refractivity contribution >= 4 is 0 Å². The van der Waals surface area contributed by atoms with E-state index in [0.717, 1.165) is 25.7 Å². The topological polar surface area (TPSA) is 21.3 Å². The molecule has 1 aliphatic rings. The number of alkyl halides is 3. The number of ether oxygens (including phenoxy) is 1. The Morgan fingerprint density at radius 3 is 2.47 bits per heavy atom. The summed E-state index contributed by atoms with van der Waals surface area (Å²) < 4.78 is 41.9. The van der Waals surface area contributed by atoms with Crippen LogP contribution in [-0.4, -0.2) is 31.0 Å². The predicted molar refractivity (Wildman–Crippen MR) is 61.0 cm³/mol. The van der Waals surface area contributed by atoms with E-state index < -0.39 is 12.6 Å². The van der Waals surface area contributed by atoms with E-state index in [9.17, 15) is 13.2 Å². The molecule has 0 radical (unpaired) electrons. The predicted octanol–water partition coefficient (Wildman–Crippen LogP) is 3.27. The number of hydrogen-bond donors (Lipinski definition) is 1. The number of nitrogens with one attached hydrogen (secondary N) is 1. The number of rotatable bonds is 5. The zero-order valence-electron chi connectivity index (χ0n) is 10.6. The molecule has 1 saturated heterocycles. The van der Waals surface area contributed by atoms with Crippen LogP contribution in [0.2, 0.25) is 0 Å². The Morgan fingerprint density at radius 2 is 1.94 bits per heavy atom. The van der Waals surface area contributed by atoms with E-state index in [1.54, 1.807) is 0 Å². The monoisotopic (exact) mass is 253 g/mol. The molecule has 0 saturated carbocycles. The first kappa shape index (κ1) is 14.8. The van der Waals surface area contributed by atoms with Crippen LogP contribution in [0, 0.1) is 0 Å². The zero-order valence-corrected chi connectivity index (χ0v) is 10.6. The van der Waals surface area contributed by atoms with Gasteiger partial charge in [-0.25, -0.2) is 0 Å². The molecule has 1 heterocycles. The lowest BCUT2D eigenvalue weighted by Gasteiger charge is -2.40. The fourth-order valence-electron chi connectivity index (χ4n) is 2.36. The summed E-state index contributed by atoms with van der Waals surface area (Å²) >= 11 is 0. The van der Waals surface area contributed by atoms with Crippen LogP contribution in [0.4, 0.5) is 13.2 Å². The normalized spacial score (nSPS) is 24.9. The van der Waals surface area contributed by atoms with Gasteiger partial charge in [0.15, 0.2) is 0 Å². The minimum Gasteiger partial charge on any atom is -0.375 e. The van der Waals surface area contributed by atoms with Crippen molar-refractivity contribution in [3.63, 3.8) is 0 Å². The molecule has 1 atom stereocenters. The first-order valence-electron chi connectivity index (χ1n) is 6.35. The second kappa shape index (κ2) is 6.05. The highest BCUT2D eigenvalue weighted by atomic mass is 19.4. The summed E-state index contributed by atoms with van der Waals surface area (Å²) in [6.45, 7) is 4.80. The van der Waals surface area contributed by atoms with E-state index in [2.05, 4.69) is 19.2 Å².